The number of aromatic nitrogens is 2. The molecule has 30 heavy (non-hydrogen) atoms. The van der Waals surface area contributed by atoms with Gasteiger partial charge in [-0.2, -0.15) is 0 Å². The van der Waals surface area contributed by atoms with Crippen LogP contribution in [0.1, 0.15) is 46.4 Å². The Bertz CT molecular complexity index is 888. The molecular weight excluding hydrogens is 380 g/mol. The molecule has 2 aromatic rings. The second-order valence-electron chi connectivity index (χ2n) is 9.27. The van der Waals surface area contributed by atoms with Gasteiger partial charge in [0.15, 0.2) is 0 Å². The SMILES string of the molecule is O=C(OC1C2CC(C1OC(=O)c1cccnc1)C1C3CCC(C3)C21)c1cccnc1. The topological polar surface area (TPSA) is 78.4 Å². The van der Waals surface area contributed by atoms with E-state index in [9.17, 15) is 9.59 Å². The smallest absolute Gasteiger partial charge is 0.340 e. The monoisotopic (exact) mass is 404 g/mol. The lowest BCUT2D eigenvalue weighted by Gasteiger charge is -2.42. The molecule has 4 fully saturated rings. The normalized spacial score (nSPS) is 37.7. The van der Waals surface area contributed by atoms with Gasteiger partial charge in [0.2, 0.25) is 0 Å². The number of carbonyl (C=O) groups excluding carboxylic acids is 2. The minimum Gasteiger partial charge on any atom is -0.454 e. The molecule has 0 amide bonds. The predicted molar refractivity (Wildman–Crippen MR) is 106 cm³/mol. The van der Waals surface area contributed by atoms with E-state index < -0.39 is 0 Å². The number of ether oxygens (including phenoxy) is 2. The van der Waals surface area contributed by atoms with E-state index in [1.165, 1.54) is 31.7 Å². The van der Waals surface area contributed by atoms with E-state index in [4.69, 9.17) is 9.47 Å². The van der Waals surface area contributed by atoms with Gasteiger partial charge in [-0.15, -0.1) is 0 Å². The van der Waals surface area contributed by atoms with Crippen molar-refractivity contribution in [2.75, 3.05) is 0 Å². The van der Waals surface area contributed by atoms with Crippen LogP contribution < -0.4 is 0 Å². The molecule has 0 N–H and O–H groups in total. The van der Waals surface area contributed by atoms with Crippen LogP contribution in [0.3, 0.4) is 0 Å². The minimum atomic E-state index is -0.386. The molecule has 0 aliphatic heterocycles. The molecule has 4 bridgehead atoms. The third-order valence-corrected chi connectivity index (χ3v) is 8.03. The van der Waals surface area contributed by atoms with E-state index in [0.29, 0.717) is 23.0 Å². The zero-order valence-electron chi connectivity index (χ0n) is 16.6. The maximum Gasteiger partial charge on any atom is 0.340 e. The van der Waals surface area contributed by atoms with E-state index in [0.717, 1.165) is 18.3 Å². The second kappa shape index (κ2) is 6.89. The fourth-order valence-corrected chi connectivity index (χ4v) is 7.13. The van der Waals surface area contributed by atoms with E-state index in [1.807, 2.05) is 0 Å². The van der Waals surface area contributed by atoms with Crippen LogP contribution in [0.2, 0.25) is 0 Å². The van der Waals surface area contributed by atoms with E-state index in [2.05, 4.69) is 9.97 Å². The molecule has 4 aliphatic carbocycles. The summed E-state index contributed by atoms with van der Waals surface area (Å²) in [7, 11) is 0. The third-order valence-electron chi connectivity index (χ3n) is 8.03. The summed E-state index contributed by atoms with van der Waals surface area (Å²) in [6.45, 7) is 0. The molecule has 6 rings (SSSR count). The van der Waals surface area contributed by atoms with Crippen molar-refractivity contribution in [3.05, 3.63) is 60.2 Å². The summed E-state index contributed by atoms with van der Waals surface area (Å²) < 4.78 is 12.0. The van der Waals surface area contributed by atoms with Gasteiger partial charge >= 0.3 is 11.9 Å². The Balaban J connectivity index is 1.28. The van der Waals surface area contributed by atoms with Crippen LogP contribution in [0.15, 0.2) is 49.1 Å². The molecule has 0 aromatic carbocycles. The molecule has 0 spiro atoms. The van der Waals surface area contributed by atoms with Crippen LogP contribution in [-0.2, 0) is 9.47 Å². The van der Waals surface area contributed by atoms with E-state index in [1.54, 1.807) is 36.7 Å². The molecule has 6 nitrogen and oxygen atoms in total. The fourth-order valence-electron chi connectivity index (χ4n) is 7.13. The molecule has 154 valence electrons. The third kappa shape index (κ3) is 2.69. The van der Waals surface area contributed by atoms with Crippen LogP contribution in [-0.4, -0.2) is 34.1 Å². The number of fused-ring (bicyclic) bond motifs is 9. The molecular formula is C24H24N2O4. The highest BCUT2D eigenvalue weighted by Crippen LogP contribution is 2.68. The fraction of sp³-hybridized carbons (Fsp3) is 0.500. The summed E-state index contributed by atoms with van der Waals surface area (Å²) in [5.41, 5.74) is 0.865. The van der Waals surface area contributed by atoms with E-state index in [-0.39, 0.29) is 36.0 Å². The predicted octanol–water partition coefficient (Wildman–Crippen LogP) is 3.54. The summed E-state index contributed by atoms with van der Waals surface area (Å²) in [5, 5.41) is 0. The summed E-state index contributed by atoms with van der Waals surface area (Å²) >= 11 is 0. The van der Waals surface area contributed by atoms with Gasteiger partial charge < -0.3 is 9.47 Å². The van der Waals surface area contributed by atoms with Crippen molar-refractivity contribution in [2.24, 2.45) is 35.5 Å². The summed E-state index contributed by atoms with van der Waals surface area (Å²) in [4.78, 5) is 33.7. The van der Waals surface area contributed by atoms with Gasteiger partial charge in [-0.1, -0.05) is 0 Å². The first-order valence-corrected chi connectivity index (χ1v) is 10.9. The van der Waals surface area contributed by atoms with Gasteiger partial charge in [0.25, 0.3) is 0 Å². The maximum absolute atomic E-state index is 12.8. The molecule has 0 radical (unpaired) electrons. The zero-order chi connectivity index (χ0) is 20.2. The van der Waals surface area contributed by atoms with Crippen LogP contribution in [0.25, 0.3) is 0 Å². The lowest BCUT2D eigenvalue weighted by Crippen LogP contribution is -2.48. The van der Waals surface area contributed by atoms with Gasteiger partial charge in [0, 0.05) is 36.6 Å². The quantitative estimate of drug-likeness (QED) is 0.573. The van der Waals surface area contributed by atoms with Crippen molar-refractivity contribution >= 4 is 11.9 Å². The highest BCUT2D eigenvalue weighted by Gasteiger charge is 2.68. The lowest BCUT2D eigenvalue weighted by molar-refractivity contribution is -0.0891. The number of hydrogen-bond donors (Lipinski definition) is 0. The van der Waals surface area contributed by atoms with Crippen molar-refractivity contribution in [2.45, 2.75) is 37.9 Å². The Morgan fingerprint density at radius 3 is 1.70 bits per heavy atom. The molecule has 8 unspecified atom stereocenters. The van der Waals surface area contributed by atoms with Crippen LogP contribution >= 0.6 is 0 Å². The van der Waals surface area contributed by atoms with Crippen LogP contribution in [0.5, 0.6) is 0 Å². The van der Waals surface area contributed by atoms with Gasteiger partial charge in [-0.25, -0.2) is 9.59 Å². The summed E-state index contributed by atoms with van der Waals surface area (Å²) in [6, 6.07) is 6.87. The number of hydrogen-bond acceptors (Lipinski definition) is 6. The van der Waals surface area contributed by atoms with Crippen molar-refractivity contribution in [1.82, 2.24) is 9.97 Å². The zero-order valence-corrected chi connectivity index (χ0v) is 16.6. The Morgan fingerprint density at radius 1 is 0.767 bits per heavy atom. The lowest BCUT2D eigenvalue weighted by atomic mass is 9.69. The first-order chi connectivity index (χ1) is 14.7. The first kappa shape index (κ1) is 18.0. The maximum atomic E-state index is 12.8. The second-order valence-corrected chi connectivity index (χ2v) is 9.27. The largest absolute Gasteiger partial charge is 0.454 e. The highest BCUT2D eigenvalue weighted by atomic mass is 16.6. The highest BCUT2D eigenvalue weighted by molar-refractivity contribution is 5.90. The molecule has 8 atom stereocenters. The summed E-state index contributed by atoms with van der Waals surface area (Å²) in [5.74, 6) is 2.48. The number of carbonyl (C=O) groups is 2. The number of rotatable bonds is 4. The van der Waals surface area contributed by atoms with Crippen molar-refractivity contribution < 1.29 is 19.1 Å². The van der Waals surface area contributed by atoms with Gasteiger partial charge in [-0.05, 0) is 73.6 Å². The van der Waals surface area contributed by atoms with Gasteiger partial charge in [0.05, 0.1) is 11.1 Å². The Hall–Kier alpha value is -2.76. The van der Waals surface area contributed by atoms with Crippen LogP contribution in [0, 0.1) is 35.5 Å². The average molecular weight is 404 g/mol. The number of esters is 2. The number of nitrogens with zero attached hydrogens (tertiary/aromatic N) is 2. The molecule has 2 heterocycles. The number of pyridine rings is 2. The average Bonchev–Trinajstić information content (AvgIpc) is 3.55. The van der Waals surface area contributed by atoms with E-state index >= 15 is 0 Å². The van der Waals surface area contributed by atoms with Crippen LogP contribution in [0.4, 0.5) is 0 Å². The Morgan fingerprint density at radius 2 is 1.27 bits per heavy atom. The van der Waals surface area contributed by atoms with Gasteiger partial charge in [0.1, 0.15) is 12.2 Å². The molecule has 4 aliphatic rings. The minimum absolute atomic E-state index is 0.280. The van der Waals surface area contributed by atoms with Crippen molar-refractivity contribution in [3.63, 3.8) is 0 Å². The molecule has 2 aromatic heterocycles. The Labute approximate surface area is 175 Å². The molecule has 6 heteroatoms. The standard InChI is InChI=1S/C24H24N2O4/c27-23(15-3-1-7-25-11-15)29-21-17-10-18(20-14-6-5-13(9-14)19(17)20)22(21)30-24(28)16-4-2-8-26-12-16/h1-4,7-8,11-14,17-22H,5-6,9-10H2. The van der Waals surface area contributed by atoms with Crippen molar-refractivity contribution in [3.8, 4) is 0 Å². The van der Waals surface area contributed by atoms with Crippen molar-refractivity contribution in [1.29, 1.82) is 0 Å². The summed E-state index contributed by atoms with van der Waals surface area (Å²) in [6.07, 6.45) is 10.4. The molecule has 0 saturated heterocycles. The Kier molecular flexibility index (Phi) is 4.15. The first-order valence-electron chi connectivity index (χ1n) is 10.9. The molecule has 4 saturated carbocycles. The van der Waals surface area contributed by atoms with Gasteiger partial charge in [-0.3, -0.25) is 9.97 Å².